The summed E-state index contributed by atoms with van der Waals surface area (Å²) in [6.45, 7) is 2.31. The zero-order valence-electron chi connectivity index (χ0n) is 15.8. The third-order valence-electron chi connectivity index (χ3n) is 6.34. The molecule has 0 atom stereocenters. The third kappa shape index (κ3) is 7.25. The van der Waals surface area contributed by atoms with Gasteiger partial charge in [0.15, 0.2) is 0 Å². The van der Waals surface area contributed by atoms with Crippen LogP contribution >= 0.6 is 0 Å². The van der Waals surface area contributed by atoms with Gasteiger partial charge in [-0.05, 0) is 87.9 Å². The predicted molar refractivity (Wildman–Crippen MR) is 104 cm³/mol. The predicted octanol–water partition coefficient (Wildman–Crippen LogP) is 7.21. The molecule has 2 fully saturated rings. The molecule has 0 saturated heterocycles. The first-order valence-corrected chi connectivity index (χ1v) is 10.5. The van der Waals surface area contributed by atoms with Gasteiger partial charge in [-0.25, -0.2) is 0 Å². The van der Waals surface area contributed by atoms with Gasteiger partial charge in [-0.2, -0.15) is 5.26 Å². The average molecular weight is 328 g/mol. The lowest BCUT2D eigenvalue weighted by molar-refractivity contribution is 0.283. The quantitative estimate of drug-likeness (QED) is 0.341. The fourth-order valence-corrected chi connectivity index (χ4v) is 4.61. The normalized spacial score (nSPS) is 31.5. The van der Waals surface area contributed by atoms with Crippen molar-refractivity contribution in [2.24, 2.45) is 23.7 Å². The molecule has 2 saturated carbocycles. The molecule has 1 nitrogen and oxygen atoms in total. The number of nitrogens with zero attached hydrogens (tertiary/aromatic N) is 1. The van der Waals surface area contributed by atoms with Crippen LogP contribution in [0.2, 0.25) is 0 Å². The van der Waals surface area contributed by atoms with Crippen molar-refractivity contribution in [3.63, 3.8) is 0 Å². The maximum atomic E-state index is 8.51. The lowest BCUT2D eigenvalue weighted by Gasteiger charge is -2.28. The molecule has 2 rings (SSSR count). The van der Waals surface area contributed by atoms with Crippen LogP contribution in [0.4, 0.5) is 0 Å². The molecule has 24 heavy (non-hydrogen) atoms. The van der Waals surface area contributed by atoms with Gasteiger partial charge in [0.1, 0.15) is 0 Å². The van der Waals surface area contributed by atoms with Crippen molar-refractivity contribution < 1.29 is 0 Å². The molecule has 2 aliphatic rings. The van der Waals surface area contributed by atoms with Gasteiger partial charge >= 0.3 is 0 Å². The maximum absolute atomic E-state index is 8.51. The Morgan fingerprint density at radius 2 is 1.38 bits per heavy atom. The smallest absolute Gasteiger partial charge is 0.0908 e. The van der Waals surface area contributed by atoms with E-state index < -0.39 is 0 Å². The first-order chi connectivity index (χ1) is 11.8. The van der Waals surface area contributed by atoms with E-state index in [0.717, 1.165) is 30.1 Å². The van der Waals surface area contributed by atoms with Crippen LogP contribution in [0.1, 0.15) is 90.4 Å². The van der Waals surface area contributed by atoms with E-state index in [1.165, 1.54) is 77.0 Å². The first kappa shape index (κ1) is 19.3. The Morgan fingerprint density at radius 3 is 1.88 bits per heavy atom. The van der Waals surface area contributed by atoms with Crippen LogP contribution in [-0.4, -0.2) is 0 Å². The third-order valence-corrected chi connectivity index (χ3v) is 6.34. The minimum Gasteiger partial charge on any atom is -0.193 e. The number of rotatable bonds is 8. The summed E-state index contributed by atoms with van der Waals surface area (Å²) < 4.78 is 0. The highest BCUT2D eigenvalue weighted by molar-refractivity contribution is 5.01. The summed E-state index contributed by atoms with van der Waals surface area (Å²) in [4.78, 5) is 0. The van der Waals surface area contributed by atoms with E-state index >= 15 is 0 Å². The summed E-state index contributed by atoms with van der Waals surface area (Å²) in [5.41, 5.74) is 0. The number of hydrogen-bond acceptors (Lipinski definition) is 1. The van der Waals surface area contributed by atoms with E-state index in [4.69, 9.17) is 5.26 Å². The Hall–Kier alpha value is -1.03. The van der Waals surface area contributed by atoms with Crippen LogP contribution in [0.5, 0.6) is 0 Å². The summed E-state index contributed by atoms with van der Waals surface area (Å²) in [6.07, 6.45) is 26.8. The minimum atomic E-state index is 0.841. The number of hydrogen-bond donors (Lipinski definition) is 0. The SMILES string of the molecule is CCCC[C@H]1CC[C@H](C=C[C@H]2CC[C@H](CCC=CC#N)CC2)CC1. The zero-order valence-corrected chi connectivity index (χ0v) is 15.8. The molecule has 0 unspecified atom stereocenters. The van der Waals surface area contributed by atoms with Crippen molar-refractivity contribution in [3.8, 4) is 6.07 Å². The Balaban J connectivity index is 1.59. The molecule has 2 aliphatic carbocycles. The molecule has 1 heteroatoms. The molecule has 0 aromatic heterocycles. The molecular weight excluding hydrogens is 290 g/mol. The maximum Gasteiger partial charge on any atom is 0.0908 e. The van der Waals surface area contributed by atoms with E-state index in [-0.39, 0.29) is 0 Å². The van der Waals surface area contributed by atoms with E-state index in [2.05, 4.69) is 25.1 Å². The van der Waals surface area contributed by atoms with Gasteiger partial charge < -0.3 is 0 Å². The molecule has 0 aliphatic heterocycles. The highest BCUT2D eigenvalue weighted by Gasteiger charge is 2.21. The fourth-order valence-electron chi connectivity index (χ4n) is 4.61. The standard InChI is InChI=1S/C23H37N/c1-2-3-7-20-9-13-22(14-10-20)17-18-23-15-11-21(12-16-23)8-5-4-6-19-24/h4,6,17-18,20-23H,2-3,5,7-16H2,1H3/t20-,21-,22-,23-. The molecular formula is C23H37N. The molecule has 0 amide bonds. The van der Waals surface area contributed by atoms with E-state index in [1.807, 2.05) is 6.08 Å². The van der Waals surface area contributed by atoms with Gasteiger partial charge in [-0.1, -0.05) is 44.4 Å². The Labute approximate surface area is 150 Å². The number of allylic oxidation sites excluding steroid dienone is 4. The van der Waals surface area contributed by atoms with E-state index in [1.54, 1.807) is 6.08 Å². The van der Waals surface area contributed by atoms with E-state index in [9.17, 15) is 0 Å². The van der Waals surface area contributed by atoms with Gasteiger partial charge in [-0.3, -0.25) is 0 Å². The van der Waals surface area contributed by atoms with Crippen molar-refractivity contribution in [1.29, 1.82) is 5.26 Å². The molecule has 0 bridgehead atoms. The second-order valence-electron chi connectivity index (χ2n) is 8.20. The van der Waals surface area contributed by atoms with Crippen molar-refractivity contribution in [2.45, 2.75) is 90.4 Å². The van der Waals surface area contributed by atoms with E-state index in [0.29, 0.717) is 0 Å². The lowest BCUT2D eigenvalue weighted by atomic mass is 9.77. The lowest BCUT2D eigenvalue weighted by Crippen LogP contribution is -2.15. The van der Waals surface area contributed by atoms with Crippen LogP contribution in [0, 0.1) is 35.0 Å². The summed E-state index contributed by atoms with van der Waals surface area (Å²) in [6, 6.07) is 2.08. The molecule has 0 aromatic carbocycles. The summed E-state index contributed by atoms with van der Waals surface area (Å²) in [7, 11) is 0. The molecule has 0 heterocycles. The van der Waals surface area contributed by atoms with Crippen LogP contribution < -0.4 is 0 Å². The van der Waals surface area contributed by atoms with Crippen LogP contribution in [-0.2, 0) is 0 Å². The monoisotopic (exact) mass is 327 g/mol. The summed E-state index contributed by atoms with van der Waals surface area (Å²) >= 11 is 0. The Morgan fingerprint density at radius 1 is 0.833 bits per heavy atom. The van der Waals surface area contributed by atoms with Gasteiger partial charge in [0.2, 0.25) is 0 Å². The summed E-state index contributed by atoms with van der Waals surface area (Å²) in [5, 5.41) is 8.51. The number of unbranched alkanes of at least 4 members (excludes halogenated alkanes) is 1. The zero-order chi connectivity index (χ0) is 17.0. The van der Waals surface area contributed by atoms with Crippen molar-refractivity contribution in [3.05, 3.63) is 24.3 Å². The van der Waals surface area contributed by atoms with Crippen LogP contribution in [0.15, 0.2) is 24.3 Å². The second kappa shape index (κ2) is 11.5. The van der Waals surface area contributed by atoms with Gasteiger partial charge in [0.05, 0.1) is 6.07 Å². The average Bonchev–Trinajstić information content (AvgIpc) is 2.64. The molecule has 0 N–H and O–H groups in total. The van der Waals surface area contributed by atoms with Gasteiger partial charge in [0, 0.05) is 6.08 Å². The van der Waals surface area contributed by atoms with Crippen molar-refractivity contribution in [1.82, 2.24) is 0 Å². The molecule has 0 radical (unpaired) electrons. The largest absolute Gasteiger partial charge is 0.193 e. The van der Waals surface area contributed by atoms with Crippen molar-refractivity contribution >= 4 is 0 Å². The fraction of sp³-hybridized carbons (Fsp3) is 0.783. The highest BCUT2D eigenvalue weighted by atomic mass is 14.3. The van der Waals surface area contributed by atoms with Crippen LogP contribution in [0.3, 0.4) is 0 Å². The molecule has 0 aromatic rings. The van der Waals surface area contributed by atoms with Gasteiger partial charge in [0.25, 0.3) is 0 Å². The van der Waals surface area contributed by atoms with Crippen LogP contribution in [0.25, 0.3) is 0 Å². The number of nitriles is 1. The first-order valence-electron chi connectivity index (χ1n) is 10.5. The minimum absolute atomic E-state index is 0.841. The van der Waals surface area contributed by atoms with Crippen molar-refractivity contribution in [2.75, 3.05) is 0 Å². The second-order valence-corrected chi connectivity index (χ2v) is 8.20. The highest BCUT2D eigenvalue weighted by Crippen LogP contribution is 2.35. The van der Waals surface area contributed by atoms with Gasteiger partial charge in [-0.15, -0.1) is 0 Å². The Bertz CT molecular complexity index is 412. The molecule has 0 spiro atoms. The Kier molecular flexibility index (Phi) is 9.26. The molecule has 134 valence electrons. The summed E-state index contributed by atoms with van der Waals surface area (Å²) in [5.74, 6) is 3.64. The topological polar surface area (TPSA) is 23.8 Å².